The molecule has 2 aromatic rings. The van der Waals surface area contributed by atoms with Gasteiger partial charge in [0.25, 0.3) is 5.91 Å². The number of aromatic nitrogens is 1. The number of carbonyl (C=O) groups excluding carboxylic acids is 1. The zero-order valence-electron chi connectivity index (χ0n) is 13.7. The second kappa shape index (κ2) is 7.56. The number of thiazole rings is 1. The maximum atomic E-state index is 12.6. The van der Waals surface area contributed by atoms with Crippen LogP contribution in [0.2, 0.25) is 0 Å². The van der Waals surface area contributed by atoms with Crippen molar-refractivity contribution in [2.75, 3.05) is 26.2 Å². The Morgan fingerprint density at radius 1 is 1.25 bits per heavy atom. The van der Waals surface area contributed by atoms with Crippen molar-refractivity contribution in [1.29, 1.82) is 5.26 Å². The summed E-state index contributed by atoms with van der Waals surface area (Å²) in [5.41, 5.74) is 2.34. The maximum absolute atomic E-state index is 12.6. The van der Waals surface area contributed by atoms with Crippen molar-refractivity contribution in [3.8, 4) is 6.07 Å². The van der Waals surface area contributed by atoms with Crippen molar-refractivity contribution in [3.63, 3.8) is 0 Å². The molecule has 0 N–H and O–H groups in total. The minimum absolute atomic E-state index is 0.0471. The lowest BCUT2D eigenvalue weighted by Gasteiger charge is -2.21. The number of hydrogen-bond donors (Lipinski definition) is 0. The molecular weight excluding hydrogens is 320 g/mol. The summed E-state index contributed by atoms with van der Waals surface area (Å²) in [4.78, 5) is 21.4. The summed E-state index contributed by atoms with van der Waals surface area (Å²) in [5.74, 6) is 0.0471. The van der Waals surface area contributed by atoms with Crippen molar-refractivity contribution in [2.24, 2.45) is 0 Å². The first-order valence-corrected chi connectivity index (χ1v) is 8.96. The van der Waals surface area contributed by atoms with Crippen LogP contribution >= 0.6 is 11.3 Å². The monoisotopic (exact) mass is 340 g/mol. The highest BCUT2D eigenvalue weighted by Crippen LogP contribution is 2.14. The summed E-state index contributed by atoms with van der Waals surface area (Å²) in [6.07, 6.45) is 0.963. The van der Waals surface area contributed by atoms with Gasteiger partial charge >= 0.3 is 0 Å². The molecule has 1 aliphatic heterocycles. The number of nitrogens with zero attached hydrogens (tertiary/aromatic N) is 4. The Morgan fingerprint density at radius 3 is 2.71 bits per heavy atom. The first-order valence-electron chi connectivity index (χ1n) is 8.08. The van der Waals surface area contributed by atoms with Crippen LogP contribution in [0.3, 0.4) is 0 Å². The Labute approximate surface area is 146 Å². The summed E-state index contributed by atoms with van der Waals surface area (Å²) >= 11 is 1.68. The minimum atomic E-state index is 0.0471. The Morgan fingerprint density at radius 2 is 2.04 bits per heavy atom. The zero-order valence-corrected chi connectivity index (χ0v) is 14.6. The molecule has 0 aliphatic carbocycles. The standard InChI is InChI=1S/C18H20N4OS/c1-14-20-17(13-24-14)12-21-7-2-8-22(10-9-21)18(23)16-5-3-15(11-19)4-6-16/h3-6,13H,2,7-10,12H2,1H3. The van der Waals surface area contributed by atoms with Crippen LogP contribution in [-0.4, -0.2) is 46.9 Å². The number of nitriles is 1. The van der Waals surface area contributed by atoms with Gasteiger partial charge in [0.1, 0.15) is 0 Å². The fraction of sp³-hybridized carbons (Fsp3) is 0.389. The van der Waals surface area contributed by atoms with Crippen LogP contribution in [0.15, 0.2) is 29.6 Å². The van der Waals surface area contributed by atoms with E-state index in [0.717, 1.165) is 49.8 Å². The summed E-state index contributed by atoms with van der Waals surface area (Å²) in [6, 6.07) is 8.94. The van der Waals surface area contributed by atoms with Gasteiger partial charge in [0.2, 0.25) is 0 Å². The highest BCUT2D eigenvalue weighted by atomic mass is 32.1. The van der Waals surface area contributed by atoms with Gasteiger partial charge in [0, 0.05) is 43.7 Å². The third kappa shape index (κ3) is 3.99. The Balaban J connectivity index is 1.60. The summed E-state index contributed by atoms with van der Waals surface area (Å²) in [5, 5.41) is 12.1. The van der Waals surface area contributed by atoms with Gasteiger partial charge in [-0.25, -0.2) is 4.98 Å². The lowest BCUT2D eigenvalue weighted by molar-refractivity contribution is 0.0761. The molecule has 1 amide bonds. The molecule has 3 rings (SSSR count). The van der Waals surface area contributed by atoms with Crippen molar-refractivity contribution < 1.29 is 4.79 Å². The number of aryl methyl sites for hydroxylation is 1. The van der Waals surface area contributed by atoms with Gasteiger partial charge in [0.15, 0.2) is 0 Å². The van der Waals surface area contributed by atoms with Crippen molar-refractivity contribution >= 4 is 17.2 Å². The van der Waals surface area contributed by atoms with E-state index in [2.05, 4.69) is 21.3 Å². The minimum Gasteiger partial charge on any atom is -0.337 e. The van der Waals surface area contributed by atoms with E-state index >= 15 is 0 Å². The van der Waals surface area contributed by atoms with Gasteiger partial charge < -0.3 is 4.90 Å². The molecule has 0 atom stereocenters. The van der Waals surface area contributed by atoms with Gasteiger partial charge in [0.05, 0.1) is 22.3 Å². The van der Waals surface area contributed by atoms with Crippen molar-refractivity contribution in [2.45, 2.75) is 19.9 Å². The molecule has 0 spiro atoms. The molecule has 1 aliphatic rings. The van der Waals surface area contributed by atoms with E-state index < -0.39 is 0 Å². The van der Waals surface area contributed by atoms with E-state index in [1.165, 1.54) is 0 Å². The van der Waals surface area contributed by atoms with Crippen LogP contribution in [0, 0.1) is 18.3 Å². The first kappa shape index (κ1) is 16.6. The van der Waals surface area contributed by atoms with Gasteiger partial charge in [-0.2, -0.15) is 5.26 Å². The summed E-state index contributed by atoms with van der Waals surface area (Å²) in [6.45, 7) is 6.21. The highest BCUT2D eigenvalue weighted by Gasteiger charge is 2.20. The quantitative estimate of drug-likeness (QED) is 0.862. The molecule has 0 unspecified atom stereocenters. The maximum Gasteiger partial charge on any atom is 0.253 e. The van der Waals surface area contributed by atoms with Crippen LogP contribution in [-0.2, 0) is 6.54 Å². The van der Waals surface area contributed by atoms with Crippen molar-refractivity contribution in [1.82, 2.24) is 14.8 Å². The fourth-order valence-corrected chi connectivity index (χ4v) is 3.52. The van der Waals surface area contributed by atoms with Crippen molar-refractivity contribution in [3.05, 3.63) is 51.5 Å². The molecule has 0 bridgehead atoms. The van der Waals surface area contributed by atoms with Crippen LogP contribution in [0.1, 0.15) is 33.0 Å². The third-order valence-corrected chi connectivity index (χ3v) is 5.01. The van der Waals surface area contributed by atoms with Gasteiger partial charge in [-0.1, -0.05) is 0 Å². The SMILES string of the molecule is Cc1nc(CN2CCCN(C(=O)c3ccc(C#N)cc3)CC2)cs1. The number of amides is 1. The van der Waals surface area contributed by atoms with E-state index in [9.17, 15) is 4.79 Å². The lowest BCUT2D eigenvalue weighted by Crippen LogP contribution is -2.35. The second-order valence-corrected chi connectivity index (χ2v) is 7.03. The normalized spacial score (nSPS) is 15.8. The van der Waals surface area contributed by atoms with Crippen LogP contribution in [0.4, 0.5) is 0 Å². The fourth-order valence-electron chi connectivity index (χ4n) is 2.91. The van der Waals surface area contributed by atoms with E-state index in [4.69, 9.17) is 5.26 Å². The molecule has 1 saturated heterocycles. The molecule has 1 fully saturated rings. The first-order chi connectivity index (χ1) is 11.7. The molecule has 0 saturated carbocycles. The number of benzene rings is 1. The van der Waals surface area contributed by atoms with Gasteiger partial charge in [-0.15, -0.1) is 11.3 Å². The largest absolute Gasteiger partial charge is 0.337 e. The van der Waals surface area contributed by atoms with Gasteiger partial charge in [-0.3, -0.25) is 9.69 Å². The molecule has 6 heteroatoms. The number of hydrogen-bond acceptors (Lipinski definition) is 5. The van der Waals surface area contributed by atoms with Crippen LogP contribution in [0.25, 0.3) is 0 Å². The predicted octanol–water partition coefficient (Wildman–Crippen LogP) is 2.67. The third-order valence-electron chi connectivity index (χ3n) is 4.19. The molecule has 5 nitrogen and oxygen atoms in total. The average Bonchev–Trinajstić information content (AvgIpc) is 2.87. The van der Waals surface area contributed by atoms with E-state index in [1.807, 2.05) is 11.8 Å². The average molecular weight is 340 g/mol. The van der Waals surface area contributed by atoms with Gasteiger partial charge in [-0.05, 0) is 37.6 Å². The molecule has 124 valence electrons. The summed E-state index contributed by atoms with van der Waals surface area (Å²) in [7, 11) is 0. The smallest absolute Gasteiger partial charge is 0.253 e. The topological polar surface area (TPSA) is 60.2 Å². The van der Waals surface area contributed by atoms with Crippen LogP contribution < -0.4 is 0 Å². The lowest BCUT2D eigenvalue weighted by atomic mass is 10.1. The zero-order chi connectivity index (χ0) is 16.9. The molecule has 24 heavy (non-hydrogen) atoms. The van der Waals surface area contributed by atoms with E-state index in [0.29, 0.717) is 11.1 Å². The molecular formula is C18H20N4OS. The molecule has 2 heterocycles. The predicted molar refractivity (Wildman–Crippen MR) is 93.8 cm³/mol. The Bertz CT molecular complexity index is 747. The van der Waals surface area contributed by atoms with E-state index in [-0.39, 0.29) is 5.91 Å². The Hall–Kier alpha value is -2.23. The number of rotatable bonds is 3. The second-order valence-electron chi connectivity index (χ2n) is 5.97. The molecule has 1 aromatic heterocycles. The van der Waals surface area contributed by atoms with Crippen LogP contribution in [0.5, 0.6) is 0 Å². The molecule has 0 radical (unpaired) electrons. The molecule has 1 aromatic carbocycles. The Kier molecular flexibility index (Phi) is 5.24. The summed E-state index contributed by atoms with van der Waals surface area (Å²) < 4.78 is 0. The van der Waals surface area contributed by atoms with E-state index in [1.54, 1.807) is 35.6 Å². The number of carbonyl (C=O) groups is 1. The highest BCUT2D eigenvalue weighted by molar-refractivity contribution is 7.09.